The molecule has 0 spiro atoms. The van der Waals surface area contributed by atoms with Gasteiger partial charge in [0.2, 0.25) is 5.91 Å². The van der Waals surface area contributed by atoms with Crippen LogP contribution in [0.4, 0.5) is 0 Å². The van der Waals surface area contributed by atoms with Crippen molar-refractivity contribution >= 4 is 5.91 Å². The first-order valence-corrected chi connectivity index (χ1v) is 8.31. The first-order valence-electron chi connectivity index (χ1n) is 8.31. The van der Waals surface area contributed by atoms with Gasteiger partial charge in [0.25, 0.3) is 0 Å². The minimum atomic E-state index is -0.0611. The van der Waals surface area contributed by atoms with Gasteiger partial charge in [-0.3, -0.25) is 4.79 Å². The lowest BCUT2D eigenvalue weighted by atomic mass is 10.1. The summed E-state index contributed by atoms with van der Waals surface area (Å²) >= 11 is 0. The van der Waals surface area contributed by atoms with Crippen LogP contribution in [0.15, 0.2) is 0 Å². The highest BCUT2D eigenvalue weighted by molar-refractivity contribution is 5.82. The summed E-state index contributed by atoms with van der Waals surface area (Å²) in [6.45, 7) is 3.84. The van der Waals surface area contributed by atoms with E-state index in [9.17, 15) is 4.79 Å². The third kappa shape index (κ3) is 7.25. The Morgan fingerprint density at radius 3 is 2.40 bits per heavy atom. The van der Waals surface area contributed by atoms with Crippen LogP contribution in [0.25, 0.3) is 0 Å². The zero-order chi connectivity index (χ0) is 14.6. The number of amides is 1. The number of nitrogens with one attached hydrogen (secondary N) is 2. The molecule has 0 saturated carbocycles. The second-order valence-corrected chi connectivity index (χ2v) is 5.82. The van der Waals surface area contributed by atoms with Crippen molar-refractivity contribution in [1.82, 2.24) is 10.6 Å². The fourth-order valence-corrected chi connectivity index (χ4v) is 2.68. The van der Waals surface area contributed by atoms with Gasteiger partial charge in [0.05, 0.1) is 12.1 Å². The van der Waals surface area contributed by atoms with Gasteiger partial charge in [-0.15, -0.1) is 0 Å². The Labute approximate surface area is 124 Å². The molecular weight excluding hydrogens is 252 g/mol. The minimum absolute atomic E-state index is 0.0611. The fourth-order valence-electron chi connectivity index (χ4n) is 2.68. The molecule has 0 aromatic carbocycles. The highest BCUT2D eigenvalue weighted by Gasteiger charge is 2.28. The van der Waals surface area contributed by atoms with Crippen molar-refractivity contribution in [2.45, 2.75) is 76.9 Å². The van der Waals surface area contributed by atoms with E-state index in [4.69, 9.17) is 4.74 Å². The van der Waals surface area contributed by atoms with Crippen LogP contribution in [-0.2, 0) is 9.53 Å². The Bertz CT molecular complexity index is 259. The first-order chi connectivity index (χ1) is 9.77. The lowest BCUT2D eigenvalue weighted by Gasteiger charge is -2.11. The molecule has 118 valence electrons. The Balaban J connectivity index is 1.90. The molecule has 1 amide bonds. The number of carbonyl (C=O) groups is 1. The molecule has 0 aliphatic carbocycles. The molecule has 0 aromatic rings. The van der Waals surface area contributed by atoms with E-state index in [0.717, 1.165) is 25.9 Å². The SMILES string of the molecule is CCCCCCCCCCNC(=O)C1CC(OC)CN1. The number of carbonyl (C=O) groups excluding carboxylic acids is 1. The van der Waals surface area contributed by atoms with Crippen LogP contribution in [0.5, 0.6) is 0 Å². The molecule has 1 aliphatic rings. The molecule has 1 rings (SSSR count). The summed E-state index contributed by atoms with van der Waals surface area (Å²) in [6, 6.07) is -0.0611. The molecule has 0 aromatic heterocycles. The largest absolute Gasteiger partial charge is 0.380 e. The summed E-state index contributed by atoms with van der Waals surface area (Å²) in [5, 5.41) is 6.22. The monoisotopic (exact) mass is 284 g/mol. The lowest BCUT2D eigenvalue weighted by molar-refractivity contribution is -0.122. The topological polar surface area (TPSA) is 50.4 Å². The minimum Gasteiger partial charge on any atom is -0.380 e. The van der Waals surface area contributed by atoms with Crippen LogP contribution in [0.2, 0.25) is 0 Å². The van der Waals surface area contributed by atoms with Gasteiger partial charge in [0, 0.05) is 20.2 Å². The van der Waals surface area contributed by atoms with Crippen molar-refractivity contribution < 1.29 is 9.53 Å². The standard InChI is InChI=1S/C16H32N2O2/c1-3-4-5-6-7-8-9-10-11-17-16(19)15-12-14(20-2)13-18-15/h14-15,18H,3-13H2,1-2H3,(H,17,19). The first kappa shape index (κ1) is 17.4. The Morgan fingerprint density at radius 2 is 1.80 bits per heavy atom. The van der Waals surface area contributed by atoms with Crippen molar-refractivity contribution in [2.75, 3.05) is 20.2 Å². The second kappa shape index (κ2) is 11.1. The van der Waals surface area contributed by atoms with Crippen LogP contribution in [0.3, 0.4) is 0 Å². The molecule has 1 heterocycles. The van der Waals surface area contributed by atoms with Crippen molar-refractivity contribution in [3.8, 4) is 0 Å². The number of hydrogen-bond acceptors (Lipinski definition) is 3. The highest BCUT2D eigenvalue weighted by Crippen LogP contribution is 2.10. The zero-order valence-corrected chi connectivity index (χ0v) is 13.2. The number of unbranched alkanes of at least 4 members (excludes halogenated alkanes) is 7. The Kier molecular flexibility index (Phi) is 9.67. The third-order valence-corrected chi connectivity index (χ3v) is 4.07. The van der Waals surface area contributed by atoms with Gasteiger partial charge in [0.15, 0.2) is 0 Å². The Morgan fingerprint density at radius 1 is 1.15 bits per heavy atom. The predicted molar refractivity (Wildman–Crippen MR) is 82.8 cm³/mol. The van der Waals surface area contributed by atoms with Gasteiger partial charge >= 0.3 is 0 Å². The summed E-state index contributed by atoms with van der Waals surface area (Å²) in [7, 11) is 1.70. The summed E-state index contributed by atoms with van der Waals surface area (Å²) in [5.74, 6) is 0.132. The molecule has 20 heavy (non-hydrogen) atoms. The number of hydrogen-bond donors (Lipinski definition) is 2. The van der Waals surface area contributed by atoms with E-state index in [1.54, 1.807) is 7.11 Å². The van der Waals surface area contributed by atoms with Crippen LogP contribution in [0.1, 0.15) is 64.7 Å². The smallest absolute Gasteiger partial charge is 0.237 e. The maximum absolute atomic E-state index is 11.9. The van der Waals surface area contributed by atoms with Gasteiger partial charge in [-0.2, -0.15) is 0 Å². The summed E-state index contributed by atoms with van der Waals surface area (Å²) in [4.78, 5) is 11.9. The zero-order valence-electron chi connectivity index (χ0n) is 13.2. The molecule has 4 heteroatoms. The molecule has 1 saturated heterocycles. The normalized spacial score (nSPS) is 22.1. The van der Waals surface area contributed by atoms with Gasteiger partial charge in [-0.05, 0) is 12.8 Å². The summed E-state index contributed by atoms with van der Waals surface area (Å²) in [5.41, 5.74) is 0. The molecule has 0 bridgehead atoms. The van der Waals surface area contributed by atoms with E-state index >= 15 is 0 Å². The van der Waals surface area contributed by atoms with E-state index in [1.165, 1.54) is 44.9 Å². The van der Waals surface area contributed by atoms with E-state index < -0.39 is 0 Å². The summed E-state index contributed by atoms with van der Waals surface area (Å²) in [6.07, 6.45) is 11.4. The number of ether oxygens (including phenoxy) is 1. The Hall–Kier alpha value is -0.610. The van der Waals surface area contributed by atoms with Crippen LogP contribution in [-0.4, -0.2) is 38.3 Å². The van der Waals surface area contributed by atoms with Crippen molar-refractivity contribution in [3.05, 3.63) is 0 Å². The van der Waals surface area contributed by atoms with E-state index in [2.05, 4.69) is 17.6 Å². The lowest BCUT2D eigenvalue weighted by Crippen LogP contribution is -2.40. The van der Waals surface area contributed by atoms with Crippen LogP contribution >= 0.6 is 0 Å². The maximum Gasteiger partial charge on any atom is 0.237 e. The van der Waals surface area contributed by atoms with Crippen molar-refractivity contribution in [2.24, 2.45) is 0 Å². The fraction of sp³-hybridized carbons (Fsp3) is 0.938. The van der Waals surface area contributed by atoms with Gasteiger partial charge in [-0.25, -0.2) is 0 Å². The van der Waals surface area contributed by atoms with E-state index in [-0.39, 0.29) is 18.1 Å². The summed E-state index contributed by atoms with van der Waals surface area (Å²) < 4.78 is 5.25. The molecule has 1 aliphatic heterocycles. The van der Waals surface area contributed by atoms with Gasteiger partial charge in [-0.1, -0.05) is 51.9 Å². The molecule has 2 unspecified atom stereocenters. The predicted octanol–water partition coefficient (Wildman–Crippen LogP) is 2.62. The van der Waals surface area contributed by atoms with Gasteiger partial charge < -0.3 is 15.4 Å². The van der Waals surface area contributed by atoms with Crippen LogP contribution < -0.4 is 10.6 Å². The average molecular weight is 284 g/mol. The number of methoxy groups -OCH3 is 1. The van der Waals surface area contributed by atoms with Crippen molar-refractivity contribution in [1.29, 1.82) is 0 Å². The average Bonchev–Trinajstić information content (AvgIpc) is 2.94. The quantitative estimate of drug-likeness (QED) is 0.573. The molecule has 0 radical (unpaired) electrons. The number of rotatable bonds is 11. The molecular formula is C16H32N2O2. The second-order valence-electron chi connectivity index (χ2n) is 5.82. The van der Waals surface area contributed by atoms with E-state index in [1.807, 2.05) is 0 Å². The molecule has 4 nitrogen and oxygen atoms in total. The molecule has 1 fully saturated rings. The molecule has 2 atom stereocenters. The van der Waals surface area contributed by atoms with Gasteiger partial charge in [0.1, 0.15) is 0 Å². The van der Waals surface area contributed by atoms with Crippen molar-refractivity contribution in [3.63, 3.8) is 0 Å². The third-order valence-electron chi connectivity index (χ3n) is 4.07. The maximum atomic E-state index is 11.9. The highest BCUT2D eigenvalue weighted by atomic mass is 16.5. The van der Waals surface area contributed by atoms with Crippen LogP contribution in [0, 0.1) is 0 Å². The van der Waals surface area contributed by atoms with E-state index in [0.29, 0.717) is 0 Å². The molecule has 2 N–H and O–H groups in total.